The first-order valence-electron chi connectivity index (χ1n) is 5.66. The number of aromatic nitrogens is 2. The van der Waals surface area contributed by atoms with E-state index in [0.717, 1.165) is 0 Å². The van der Waals surface area contributed by atoms with Gasteiger partial charge in [0.2, 0.25) is 5.88 Å². The first-order valence-corrected chi connectivity index (χ1v) is 5.66. The molecular formula is C11H13F6N3O. The van der Waals surface area contributed by atoms with E-state index in [-0.39, 0.29) is 11.6 Å². The molecule has 1 heterocycles. The van der Waals surface area contributed by atoms with Crippen LogP contribution in [-0.2, 0) is 5.41 Å². The van der Waals surface area contributed by atoms with Gasteiger partial charge in [0.15, 0.2) is 0 Å². The monoisotopic (exact) mass is 317 g/mol. The maximum Gasteiger partial charge on any atom is 0.434 e. The normalized spacial score (nSPS) is 13.6. The van der Waals surface area contributed by atoms with Gasteiger partial charge in [-0.3, -0.25) is 0 Å². The van der Waals surface area contributed by atoms with E-state index in [1.54, 1.807) is 20.8 Å². The highest BCUT2D eigenvalue weighted by molar-refractivity contribution is 5.34. The van der Waals surface area contributed by atoms with Crippen LogP contribution in [0.1, 0.15) is 26.6 Å². The van der Waals surface area contributed by atoms with Gasteiger partial charge in [-0.25, -0.2) is 4.98 Å². The molecule has 0 aliphatic rings. The largest absolute Gasteiger partial charge is 0.455 e. The minimum Gasteiger partial charge on any atom is -0.455 e. The van der Waals surface area contributed by atoms with Crippen LogP contribution >= 0.6 is 0 Å². The lowest BCUT2D eigenvalue weighted by atomic mass is 9.96. The number of nitrogens with two attached hydrogens (primary N) is 1. The second-order valence-corrected chi connectivity index (χ2v) is 5.29. The number of alkyl halides is 6. The summed E-state index contributed by atoms with van der Waals surface area (Å²) in [5.74, 6) is -1.19. The third kappa shape index (κ3) is 4.64. The van der Waals surface area contributed by atoms with Crippen molar-refractivity contribution in [3.63, 3.8) is 0 Å². The zero-order valence-electron chi connectivity index (χ0n) is 11.3. The molecule has 0 aliphatic carbocycles. The Labute approximate surface area is 116 Å². The summed E-state index contributed by atoms with van der Waals surface area (Å²) >= 11 is 0. The fourth-order valence-corrected chi connectivity index (χ4v) is 1.28. The summed E-state index contributed by atoms with van der Waals surface area (Å²) in [5, 5.41) is 0. The second-order valence-electron chi connectivity index (χ2n) is 5.29. The van der Waals surface area contributed by atoms with Crippen LogP contribution in [0.5, 0.6) is 5.88 Å². The summed E-state index contributed by atoms with van der Waals surface area (Å²) in [4.78, 5) is 7.32. The first kappa shape index (κ1) is 17.3. The number of hydrogen-bond acceptors (Lipinski definition) is 4. The van der Waals surface area contributed by atoms with Crippen molar-refractivity contribution in [3.8, 4) is 5.88 Å². The highest BCUT2D eigenvalue weighted by atomic mass is 19.4. The Hall–Kier alpha value is -1.74. The summed E-state index contributed by atoms with van der Waals surface area (Å²) in [6, 6.07) is 0.708. The average Bonchev–Trinajstić information content (AvgIpc) is 2.20. The molecule has 0 radical (unpaired) electrons. The van der Waals surface area contributed by atoms with E-state index < -0.39 is 29.8 Å². The molecule has 0 saturated heterocycles. The number of nitrogens with zero attached hydrogens (tertiary/aromatic N) is 2. The number of halogens is 6. The average molecular weight is 317 g/mol. The van der Waals surface area contributed by atoms with E-state index in [1.807, 2.05) is 0 Å². The SMILES string of the molecule is CC(C)(C)c1nc(N)cc(OC(C(F)(F)F)C(F)(F)F)n1. The maximum atomic E-state index is 12.4. The van der Waals surface area contributed by atoms with Crippen LogP contribution in [0.2, 0.25) is 0 Å². The number of nitrogen functional groups attached to an aromatic ring is 1. The van der Waals surface area contributed by atoms with Crippen LogP contribution in [0.15, 0.2) is 6.07 Å². The fraction of sp³-hybridized carbons (Fsp3) is 0.636. The predicted molar refractivity (Wildman–Crippen MR) is 61.7 cm³/mol. The number of rotatable bonds is 2. The topological polar surface area (TPSA) is 61.0 Å². The molecule has 0 fully saturated rings. The molecule has 120 valence electrons. The molecule has 10 heteroatoms. The van der Waals surface area contributed by atoms with Crippen LogP contribution in [-0.4, -0.2) is 28.4 Å². The van der Waals surface area contributed by atoms with Crippen molar-refractivity contribution in [2.24, 2.45) is 0 Å². The third-order valence-electron chi connectivity index (χ3n) is 2.23. The van der Waals surface area contributed by atoms with E-state index in [0.29, 0.717) is 6.07 Å². The summed E-state index contributed by atoms with van der Waals surface area (Å²) in [5.41, 5.74) is 4.63. The van der Waals surface area contributed by atoms with E-state index >= 15 is 0 Å². The van der Waals surface area contributed by atoms with E-state index in [4.69, 9.17) is 5.73 Å². The van der Waals surface area contributed by atoms with Crippen molar-refractivity contribution in [1.29, 1.82) is 0 Å². The Morgan fingerprint density at radius 2 is 1.48 bits per heavy atom. The van der Waals surface area contributed by atoms with Gasteiger partial charge in [0.1, 0.15) is 11.6 Å². The highest BCUT2D eigenvalue weighted by Gasteiger charge is 2.59. The zero-order valence-corrected chi connectivity index (χ0v) is 11.3. The Balaban J connectivity index is 3.20. The summed E-state index contributed by atoms with van der Waals surface area (Å²) in [6.45, 7) is 4.86. The molecule has 0 amide bonds. The molecular weight excluding hydrogens is 304 g/mol. The molecule has 0 unspecified atom stereocenters. The van der Waals surface area contributed by atoms with Gasteiger partial charge in [-0.15, -0.1) is 0 Å². The second kappa shape index (κ2) is 5.23. The van der Waals surface area contributed by atoms with Gasteiger partial charge in [-0.1, -0.05) is 20.8 Å². The van der Waals surface area contributed by atoms with Crippen LogP contribution in [0.25, 0.3) is 0 Å². The Morgan fingerprint density at radius 1 is 1.00 bits per heavy atom. The molecule has 1 rings (SSSR count). The lowest BCUT2D eigenvalue weighted by Crippen LogP contribution is -2.46. The number of anilines is 1. The Kier molecular flexibility index (Phi) is 4.31. The molecule has 2 N–H and O–H groups in total. The van der Waals surface area contributed by atoms with E-state index in [9.17, 15) is 26.3 Å². The summed E-state index contributed by atoms with van der Waals surface area (Å²) in [7, 11) is 0. The van der Waals surface area contributed by atoms with Gasteiger partial charge in [-0.2, -0.15) is 31.3 Å². The minimum absolute atomic E-state index is 0.0272. The molecule has 0 aromatic carbocycles. The van der Waals surface area contributed by atoms with Gasteiger partial charge in [0.25, 0.3) is 6.10 Å². The number of hydrogen-bond donors (Lipinski definition) is 1. The van der Waals surface area contributed by atoms with Crippen molar-refractivity contribution in [2.75, 3.05) is 5.73 Å². The zero-order chi connectivity index (χ0) is 16.6. The fourth-order valence-electron chi connectivity index (χ4n) is 1.28. The van der Waals surface area contributed by atoms with Gasteiger partial charge in [0, 0.05) is 11.5 Å². The minimum atomic E-state index is -5.63. The van der Waals surface area contributed by atoms with Gasteiger partial charge in [0.05, 0.1) is 0 Å². The molecule has 0 aliphatic heterocycles. The smallest absolute Gasteiger partial charge is 0.434 e. The van der Waals surface area contributed by atoms with Crippen LogP contribution in [0.4, 0.5) is 32.2 Å². The van der Waals surface area contributed by atoms with Crippen molar-refractivity contribution in [2.45, 2.75) is 44.6 Å². The Morgan fingerprint density at radius 3 is 1.86 bits per heavy atom. The Bertz CT molecular complexity index is 492. The molecule has 4 nitrogen and oxygen atoms in total. The maximum absolute atomic E-state index is 12.4. The van der Waals surface area contributed by atoms with Gasteiger partial charge in [-0.05, 0) is 0 Å². The third-order valence-corrected chi connectivity index (χ3v) is 2.23. The predicted octanol–water partition coefficient (Wildman–Crippen LogP) is 3.23. The first-order chi connectivity index (χ1) is 9.21. The van der Waals surface area contributed by atoms with Gasteiger partial charge >= 0.3 is 12.4 Å². The van der Waals surface area contributed by atoms with E-state index in [1.165, 1.54) is 0 Å². The van der Waals surface area contributed by atoms with Crippen molar-refractivity contribution < 1.29 is 31.1 Å². The van der Waals surface area contributed by atoms with Crippen LogP contribution < -0.4 is 10.5 Å². The van der Waals surface area contributed by atoms with Crippen molar-refractivity contribution in [1.82, 2.24) is 9.97 Å². The van der Waals surface area contributed by atoms with Crippen molar-refractivity contribution >= 4 is 5.82 Å². The summed E-state index contributed by atoms with van der Waals surface area (Å²) < 4.78 is 78.5. The molecule has 1 aromatic heterocycles. The standard InChI is InChI=1S/C11H13F6N3O/c1-9(2,3)8-19-5(18)4-6(20-8)21-7(10(12,13)14)11(15,16)17/h4,7H,1-3H3,(H2,18,19,20). The molecule has 0 atom stereocenters. The summed E-state index contributed by atoms with van der Waals surface area (Å²) in [6.07, 6.45) is -15.2. The molecule has 0 bridgehead atoms. The quantitative estimate of drug-likeness (QED) is 0.851. The molecule has 0 saturated carbocycles. The molecule has 1 aromatic rings. The van der Waals surface area contributed by atoms with Gasteiger partial charge < -0.3 is 10.5 Å². The molecule has 21 heavy (non-hydrogen) atoms. The van der Waals surface area contributed by atoms with Crippen LogP contribution in [0.3, 0.4) is 0 Å². The molecule has 0 spiro atoms. The lowest BCUT2D eigenvalue weighted by molar-refractivity contribution is -0.300. The lowest BCUT2D eigenvalue weighted by Gasteiger charge is -2.24. The highest BCUT2D eigenvalue weighted by Crippen LogP contribution is 2.36. The van der Waals surface area contributed by atoms with Crippen LogP contribution in [0, 0.1) is 0 Å². The van der Waals surface area contributed by atoms with Crippen molar-refractivity contribution in [3.05, 3.63) is 11.9 Å². The number of ether oxygens (including phenoxy) is 1. The van der Waals surface area contributed by atoms with E-state index in [2.05, 4.69) is 14.7 Å².